The topological polar surface area (TPSA) is 71.5 Å². The molecule has 0 spiro atoms. The molecule has 2 N–H and O–H groups in total. The summed E-state index contributed by atoms with van der Waals surface area (Å²) in [7, 11) is 4.17. The van der Waals surface area contributed by atoms with Gasteiger partial charge in [-0.2, -0.15) is 4.98 Å². The number of aromatic nitrogens is 2. The number of nitrogens with zero attached hydrogens (tertiary/aromatic N) is 3. The van der Waals surface area contributed by atoms with Gasteiger partial charge in [-0.1, -0.05) is 6.07 Å². The van der Waals surface area contributed by atoms with E-state index in [-0.39, 0.29) is 0 Å². The Balaban J connectivity index is 1.10. The monoisotopic (exact) mass is 437 g/mol. The maximum atomic E-state index is 5.48. The van der Waals surface area contributed by atoms with Crippen LogP contribution >= 0.6 is 0 Å². The van der Waals surface area contributed by atoms with Crippen molar-refractivity contribution in [3.05, 3.63) is 35.0 Å². The molecule has 7 nitrogen and oxygen atoms in total. The van der Waals surface area contributed by atoms with Gasteiger partial charge >= 0.3 is 0 Å². The van der Waals surface area contributed by atoms with Crippen LogP contribution in [-0.4, -0.2) is 43.4 Å². The van der Waals surface area contributed by atoms with E-state index in [4.69, 9.17) is 19.4 Å². The van der Waals surface area contributed by atoms with Gasteiger partial charge in [0.2, 0.25) is 12.7 Å². The maximum absolute atomic E-state index is 5.48. The number of fused-ring (bicyclic) bond motifs is 2. The van der Waals surface area contributed by atoms with Crippen LogP contribution in [0.1, 0.15) is 55.3 Å². The summed E-state index contributed by atoms with van der Waals surface area (Å²) in [5, 5.41) is 7.29. The predicted molar refractivity (Wildman–Crippen MR) is 127 cm³/mol. The normalized spacial score (nSPS) is 21.8. The molecule has 32 heavy (non-hydrogen) atoms. The Hall–Kier alpha value is -2.54. The van der Waals surface area contributed by atoms with E-state index in [2.05, 4.69) is 41.8 Å². The van der Waals surface area contributed by atoms with Gasteiger partial charge in [-0.05, 0) is 81.5 Å². The van der Waals surface area contributed by atoms with Gasteiger partial charge in [-0.25, -0.2) is 4.98 Å². The first kappa shape index (κ1) is 21.3. The average Bonchev–Trinajstić information content (AvgIpc) is 3.27. The Bertz CT molecular complexity index is 940. The van der Waals surface area contributed by atoms with E-state index in [1.54, 1.807) is 0 Å². The lowest BCUT2D eigenvalue weighted by Gasteiger charge is -2.30. The van der Waals surface area contributed by atoms with Crippen molar-refractivity contribution in [1.82, 2.24) is 15.3 Å². The number of anilines is 2. The lowest BCUT2D eigenvalue weighted by atomic mass is 9.86. The van der Waals surface area contributed by atoms with Crippen LogP contribution in [0.5, 0.6) is 11.5 Å². The molecule has 2 aromatic rings. The van der Waals surface area contributed by atoms with Gasteiger partial charge in [-0.15, -0.1) is 0 Å². The number of nitrogens with one attached hydrogen (secondary N) is 2. The summed E-state index contributed by atoms with van der Waals surface area (Å²) in [6.07, 6.45) is 9.48. The Morgan fingerprint density at radius 2 is 1.81 bits per heavy atom. The highest BCUT2D eigenvalue weighted by Crippen LogP contribution is 2.33. The minimum absolute atomic E-state index is 0.330. The summed E-state index contributed by atoms with van der Waals surface area (Å²) in [6.45, 7) is 2.25. The van der Waals surface area contributed by atoms with Crippen molar-refractivity contribution < 1.29 is 9.47 Å². The van der Waals surface area contributed by atoms with Gasteiger partial charge in [0.15, 0.2) is 11.5 Å². The van der Waals surface area contributed by atoms with Gasteiger partial charge in [0.25, 0.3) is 0 Å². The van der Waals surface area contributed by atoms with E-state index in [0.29, 0.717) is 12.8 Å². The first-order valence-corrected chi connectivity index (χ1v) is 12.1. The molecule has 1 aromatic heterocycles. The third-order valence-electron chi connectivity index (χ3n) is 6.96. The number of rotatable bonds is 7. The fourth-order valence-electron chi connectivity index (χ4n) is 5.17. The van der Waals surface area contributed by atoms with Gasteiger partial charge < -0.3 is 25.0 Å². The molecule has 0 atom stereocenters. The molecule has 1 saturated carbocycles. The van der Waals surface area contributed by atoms with E-state index >= 15 is 0 Å². The minimum atomic E-state index is 0.330. The Morgan fingerprint density at radius 3 is 2.66 bits per heavy atom. The molecular weight excluding hydrogens is 402 g/mol. The fraction of sp³-hybridized carbons (Fsp3) is 0.600. The molecule has 5 rings (SSSR count). The Morgan fingerprint density at radius 1 is 1.00 bits per heavy atom. The third kappa shape index (κ3) is 4.77. The number of hydrogen-bond acceptors (Lipinski definition) is 7. The highest BCUT2D eigenvalue weighted by Gasteiger charge is 2.24. The zero-order valence-corrected chi connectivity index (χ0v) is 19.3. The fourth-order valence-corrected chi connectivity index (χ4v) is 5.17. The first-order chi connectivity index (χ1) is 15.7. The summed E-state index contributed by atoms with van der Waals surface area (Å²) in [5.74, 6) is 4.35. The zero-order valence-electron chi connectivity index (χ0n) is 19.3. The van der Waals surface area contributed by atoms with Crippen LogP contribution in [0.3, 0.4) is 0 Å². The van der Waals surface area contributed by atoms with Crippen molar-refractivity contribution in [2.24, 2.45) is 5.92 Å². The van der Waals surface area contributed by atoms with Crippen LogP contribution in [0.2, 0.25) is 0 Å². The molecule has 0 saturated heterocycles. The molecule has 172 valence electrons. The lowest BCUT2D eigenvalue weighted by Crippen LogP contribution is -2.32. The molecule has 1 fully saturated rings. The van der Waals surface area contributed by atoms with Crippen molar-refractivity contribution in [2.75, 3.05) is 37.6 Å². The molecule has 0 amide bonds. The molecule has 2 heterocycles. The van der Waals surface area contributed by atoms with Crippen LogP contribution in [0, 0.1) is 5.92 Å². The van der Waals surface area contributed by atoms with Crippen LogP contribution in [-0.2, 0) is 19.4 Å². The van der Waals surface area contributed by atoms with Gasteiger partial charge in [-0.3, -0.25) is 0 Å². The van der Waals surface area contributed by atoms with Crippen LogP contribution in [0.25, 0.3) is 0 Å². The molecule has 2 aliphatic carbocycles. The van der Waals surface area contributed by atoms with Crippen LogP contribution in [0.15, 0.2) is 18.2 Å². The van der Waals surface area contributed by atoms with E-state index in [1.165, 1.54) is 55.3 Å². The summed E-state index contributed by atoms with van der Waals surface area (Å²) in [5.41, 5.74) is 3.84. The average molecular weight is 438 g/mol. The molecular formula is C25H35N5O2. The predicted octanol–water partition coefficient (Wildman–Crippen LogP) is 3.91. The van der Waals surface area contributed by atoms with E-state index in [1.807, 2.05) is 6.07 Å². The zero-order chi connectivity index (χ0) is 21.9. The number of ether oxygens (including phenoxy) is 2. The van der Waals surface area contributed by atoms with Gasteiger partial charge in [0.05, 0.1) is 5.69 Å². The molecule has 0 radical (unpaired) electrons. The second kappa shape index (κ2) is 9.53. The number of hydrogen-bond donors (Lipinski definition) is 2. The van der Waals surface area contributed by atoms with Crippen molar-refractivity contribution >= 4 is 11.8 Å². The summed E-state index contributed by atoms with van der Waals surface area (Å²) in [6, 6.07) is 6.66. The van der Waals surface area contributed by atoms with Gasteiger partial charge in [0, 0.05) is 32.2 Å². The highest BCUT2D eigenvalue weighted by atomic mass is 16.7. The molecule has 1 aliphatic heterocycles. The van der Waals surface area contributed by atoms with Crippen molar-refractivity contribution in [3.63, 3.8) is 0 Å². The summed E-state index contributed by atoms with van der Waals surface area (Å²) >= 11 is 0. The van der Waals surface area contributed by atoms with Crippen molar-refractivity contribution in [1.29, 1.82) is 0 Å². The minimum Gasteiger partial charge on any atom is -0.454 e. The second-order valence-electron chi connectivity index (χ2n) is 9.58. The summed E-state index contributed by atoms with van der Waals surface area (Å²) < 4.78 is 10.9. The SMILES string of the molecule is CN(C)c1nc(NC2CCC(CNCc3ccc4c(c3)OCO4)CC2)nc2c1CCCC2. The van der Waals surface area contributed by atoms with E-state index in [0.717, 1.165) is 55.1 Å². The van der Waals surface area contributed by atoms with Crippen molar-refractivity contribution in [2.45, 2.75) is 64.0 Å². The van der Waals surface area contributed by atoms with E-state index in [9.17, 15) is 0 Å². The van der Waals surface area contributed by atoms with Crippen LogP contribution < -0.4 is 25.0 Å². The molecule has 1 aromatic carbocycles. The molecule has 3 aliphatic rings. The van der Waals surface area contributed by atoms with Crippen molar-refractivity contribution in [3.8, 4) is 11.5 Å². The first-order valence-electron chi connectivity index (χ1n) is 12.1. The highest BCUT2D eigenvalue weighted by molar-refractivity contribution is 5.53. The molecule has 0 bridgehead atoms. The Labute approximate surface area is 190 Å². The largest absolute Gasteiger partial charge is 0.454 e. The number of aryl methyl sites for hydroxylation is 1. The third-order valence-corrected chi connectivity index (χ3v) is 6.96. The second-order valence-corrected chi connectivity index (χ2v) is 9.58. The molecule has 7 heteroatoms. The molecule has 0 unspecified atom stereocenters. The smallest absolute Gasteiger partial charge is 0.231 e. The van der Waals surface area contributed by atoms with E-state index < -0.39 is 0 Å². The van der Waals surface area contributed by atoms with Gasteiger partial charge in [0.1, 0.15) is 5.82 Å². The van der Waals surface area contributed by atoms with Crippen LogP contribution in [0.4, 0.5) is 11.8 Å². The summed E-state index contributed by atoms with van der Waals surface area (Å²) in [4.78, 5) is 11.9. The Kier molecular flexibility index (Phi) is 6.35. The quantitative estimate of drug-likeness (QED) is 0.680. The lowest BCUT2D eigenvalue weighted by molar-refractivity contribution is 0.174. The maximum Gasteiger partial charge on any atom is 0.231 e. The number of benzene rings is 1. The standard InChI is InChI=1S/C25H35N5O2/c1-30(2)24-20-5-3-4-6-21(20)28-25(29-24)27-19-10-7-17(8-11-19)14-26-15-18-9-12-22-23(13-18)32-16-31-22/h9,12-13,17,19,26H,3-8,10-11,14-16H2,1-2H3,(H,27,28,29).